The number of nitrogens with zero attached hydrogens (tertiary/aromatic N) is 4. The molecular formula is C28H36N4O4S2. The number of hydrogen-bond donors (Lipinski definition) is 1. The van der Waals surface area contributed by atoms with Gasteiger partial charge in [-0.3, -0.25) is 23.7 Å². The molecule has 0 spiro atoms. The summed E-state index contributed by atoms with van der Waals surface area (Å²) in [6, 6.07) is 3.81. The van der Waals surface area contributed by atoms with Gasteiger partial charge >= 0.3 is 5.97 Å². The molecule has 8 nitrogen and oxygen atoms in total. The Morgan fingerprint density at radius 3 is 2.39 bits per heavy atom. The average molecular weight is 557 g/mol. The molecule has 2 saturated heterocycles. The van der Waals surface area contributed by atoms with Gasteiger partial charge < -0.3 is 10.0 Å². The van der Waals surface area contributed by atoms with Gasteiger partial charge in [0, 0.05) is 32.3 Å². The minimum absolute atomic E-state index is 0.139. The molecule has 2 aliphatic heterocycles. The Morgan fingerprint density at radius 2 is 1.71 bits per heavy atom. The van der Waals surface area contributed by atoms with Crippen LogP contribution in [0.1, 0.15) is 81.8 Å². The fraction of sp³-hybridized carbons (Fsp3) is 0.536. The SMILES string of the molecule is Cc1ccc2nc(N3CCCC3)c(C=C3SC(=S)N(CCCCCCCCCCC(=O)O)C3=O)c(=O)n2c1. The summed E-state index contributed by atoms with van der Waals surface area (Å²) in [7, 11) is 0. The van der Waals surface area contributed by atoms with E-state index in [1.807, 2.05) is 19.1 Å². The first-order valence-corrected chi connectivity index (χ1v) is 14.8. The lowest BCUT2D eigenvalue weighted by Crippen LogP contribution is -2.29. The summed E-state index contributed by atoms with van der Waals surface area (Å²) in [5.74, 6) is -0.219. The summed E-state index contributed by atoms with van der Waals surface area (Å²) in [4.78, 5) is 46.5. The van der Waals surface area contributed by atoms with Crippen molar-refractivity contribution in [3.8, 4) is 0 Å². The second-order valence-corrected chi connectivity index (χ2v) is 11.8. The first kappa shape index (κ1) is 28.3. The number of unbranched alkanes of at least 4 members (excludes halogenated alkanes) is 7. The van der Waals surface area contributed by atoms with E-state index < -0.39 is 5.97 Å². The van der Waals surface area contributed by atoms with Crippen LogP contribution in [0.25, 0.3) is 11.7 Å². The minimum Gasteiger partial charge on any atom is -0.481 e. The van der Waals surface area contributed by atoms with Crippen molar-refractivity contribution in [1.82, 2.24) is 14.3 Å². The zero-order valence-corrected chi connectivity index (χ0v) is 23.6. The van der Waals surface area contributed by atoms with Crippen LogP contribution in [0.2, 0.25) is 0 Å². The van der Waals surface area contributed by atoms with Crippen LogP contribution in [-0.2, 0) is 9.59 Å². The summed E-state index contributed by atoms with van der Waals surface area (Å²) < 4.78 is 2.10. The first-order chi connectivity index (χ1) is 18.3. The normalized spacial score (nSPS) is 16.9. The number of rotatable bonds is 13. The van der Waals surface area contributed by atoms with E-state index >= 15 is 0 Å². The van der Waals surface area contributed by atoms with E-state index in [1.54, 1.807) is 21.6 Å². The standard InChI is InChI=1S/C28H36N4O4S2/c1-20-13-14-23-29-25(30-15-10-11-16-30)21(26(35)32(23)19-20)18-22-27(36)31(28(37)38-22)17-9-7-5-3-2-4-6-8-12-24(33)34/h13-14,18-19H,2-12,15-17H2,1H3,(H,33,34). The predicted octanol–water partition coefficient (Wildman–Crippen LogP) is 5.40. The number of pyridine rings is 1. The number of carbonyl (C=O) groups is 2. The Hall–Kier alpha value is -2.72. The molecule has 4 rings (SSSR count). The lowest BCUT2D eigenvalue weighted by atomic mass is 10.1. The van der Waals surface area contributed by atoms with Crippen LogP contribution < -0.4 is 10.5 Å². The molecule has 2 aromatic heterocycles. The summed E-state index contributed by atoms with van der Waals surface area (Å²) in [6.45, 7) is 4.21. The molecule has 38 heavy (non-hydrogen) atoms. The number of carboxylic acid groups (broad SMARTS) is 1. The molecule has 0 aromatic carbocycles. The number of amides is 1. The fourth-order valence-corrected chi connectivity index (χ4v) is 6.26. The van der Waals surface area contributed by atoms with Gasteiger partial charge in [-0.15, -0.1) is 0 Å². The summed E-state index contributed by atoms with van der Waals surface area (Å²) in [5, 5.41) is 8.69. The molecule has 10 heteroatoms. The lowest BCUT2D eigenvalue weighted by molar-refractivity contribution is -0.137. The molecule has 4 heterocycles. The highest BCUT2D eigenvalue weighted by Crippen LogP contribution is 2.34. The number of carbonyl (C=O) groups excluding carboxylic acids is 1. The van der Waals surface area contributed by atoms with Crippen molar-refractivity contribution in [2.75, 3.05) is 24.5 Å². The van der Waals surface area contributed by atoms with E-state index in [1.165, 1.54) is 11.8 Å². The molecule has 2 aromatic rings. The van der Waals surface area contributed by atoms with Gasteiger partial charge in [-0.1, -0.05) is 68.6 Å². The quantitative estimate of drug-likeness (QED) is 0.199. The molecule has 0 radical (unpaired) electrons. The zero-order chi connectivity index (χ0) is 27.1. The maximum Gasteiger partial charge on any atom is 0.303 e. The Morgan fingerprint density at radius 1 is 1.05 bits per heavy atom. The third-order valence-electron chi connectivity index (χ3n) is 7.06. The highest BCUT2D eigenvalue weighted by atomic mass is 32.2. The third kappa shape index (κ3) is 7.02. The van der Waals surface area contributed by atoms with Crippen LogP contribution in [0, 0.1) is 6.92 Å². The number of fused-ring (bicyclic) bond motifs is 1. The molecule has 0 atom stereocenters. The largest absolute Gasteiger partial charge is 0.481 e. The number of thioether (sulfide) groups is 1. The monoisotopic (exact) mass is 556 g/mol. The van der Waals surface area contributed by atoms with E-state index in [9.17, 15) is 14.4 Å². The van der Waals surface area contributed by atoms with E-state index in [-0.39, 0.29) is 17.9 Å². The summed E-state index contributed by atoms with van der Waals surface area (Å²) in [6.07, 6.45) is 13.8. The van der Waals surface area contributed by atoms with Crippen molar-refractivity contribution in [3.63, 3.8) is 0 Å². The Labute approximate surface area is 233 Å². The number of carboxylic acids is 1. The predicted molar refractivity (Wildman–Crippen MR) is 157 cm³/mol. The van der Waals surface area contributed by atoms with E-state index in [2.05, 4.69) is 4.90 Å². The van der Waals surface area contributed by atoms with E-state index in [4.69, 9.17) is 22.3 Å². The molecule has 1 N–H and O–H groups in total. The van der Waals surface area contributed by atoms with Gasteiger partial charge in [-0.25, -0.2) is 4.98 Å². The maximum absolute atomic E-state index is 13.6. The highest BCUT2D eigenvalue weighted by molar-refractivity contribution is 8.26. The van der Waals surface area contributed by atoms with Gasteiger partial charge in [0.2, 0.25) is 0 Å². The molecular weight excluding hydrogens is 520 g/mol. The smallest absolute Gasteiger partial charge is 0.303 e. The Kier molecular flexibility index (Phi) is 9.96. The van der Waals surface area contributed by atoms with Crippen molar-refractivity contribution < 1.29 is 14.7 Å². The molecule has 2 fully saturated rings. The summed E-state index contributed by atoms with van der Waals surface area (Å²) in [5.41, 5.74) is 1.84. The number of aromatic nitrogens is 2. The van der Waals surface area contributed by atoms with Crippen LogP contribution in [0.4, 0.5) is 5.82 Å². The zero-order valence-electron chi connectivity index (χ0n) is 22.0. The van der Waals surface area contributed by atoms with E-state index in [0.29, 0.717) is 32.8 Å². The van der Waals surface area contributed by atoms with Crippen LogP contribution in [-0.4, -0.2) is 55.2 Å². The second-order valence-electron chi connectivity index (χ2n) is 10.1. The van der Waals surface area contributed by atoms with Gasteiger partial charge in [-0.05, 0) is 50.3 Å². The van der Waals surface area contributed by atoms with Crippen LogP contribution in [0.3, 0.4) is 0 Å². The number of aryl methyl sites for hydroxylation is 1. The van der Waals surface area contributed by atoms with Gasteiger partial charge in [0.1, 0.15) is 15.8 Å². The van der Waals surface area contributed by atoms with Crippen molar-refractivity contribution >= 4 is 57.7 Å². The highest BCUT2D eigenvalue weighted by Gasteiger charge is 2.32. The van der Waals surface area contributed by atoms with Gasteiger partial charge in [0.25, 0.3) is 11.5 Å². The molecule has 1 amide bonds. The molecule has 2 aliphatic rings. The third-order valence-corrected chi connectivity index (χ3v) is 8.44. The number of anilines is 1. The van der Waals surface area contributed by atoms with Crippen molar-refractivity contribution in [2.24, 2.45) is 0 Å². The molecule has 0 saturated carbocycles. The van der Waals surface area contributed by atoms with Crippen LogP contribution >= 0.6 is 24.0 Å². The number of aliphatic carboxylic acids is 1. The molecule has 204 valence electrons. The van der Waals surface area contributed by atoms with Crippen molar-refractivity contribution in [3.05, 3.63) is 44.7 Å². The Bertz CT molecular complexity index is 1280. The van der Waals surface area contributed by atoms with Crippen LogP contribution in [0.15, 0.2) is 28.0 Å². The molecule has 0 bridgehead atoms. The van der Waals surface area contributed by atoms with Gasteiger partial charge in [0.05, 0.1) is 10.5 Å². The van der Waals surface area contributed by atoms with E-state index in [0.717, 1.165) is 82.9 Å². The second kappa shape index (κ2) is 13.4. The lowest BCUT2D eigenvalue weighted by Gasteiger charge is -2.19. The fourth-order valence-electron chi connectivity index (χ4n) is 4.97. The first-order valence-electron chi connectivity index (χ1n) is 13.6. The van der Waals surface area contributed by atoms with Crippen LogP contribution in [0.5, 0.6) is 0 Å². The minimum atomic E-state index is -0.723. The average Bonchev–Trinajstić information content (AvgIpc) is 3.51. The number of thiocarbonyl (C=S) groups is 1. The van der Waals surface area contributed by atoms with Gasteiger partial charge in [-0.2, -0.15) is 0 Å². The number of hydrogen-bond acceptors (Lipinski definition) is 7. The summed E-state index contributed by atoms with van der Waals surface area (Å²) >= 11 is 6.79. The Balaban J connectivity index is 1.38. The van der Waals surface area contributed by atoms with Gasteiger partial charge in [0.15, 0.2) is 0 Å². The molecule has 0 unspecified atom stereocenters. The topological polar surface area (TPSA) is 95.2 Å². The van der Waals surface area contributed by atoms with Crippen molar-refractivity contribution in [1.29, 1.82) is 0 Å². The molecule has 0 aliphatic carbocycles. The maximum atomic E-state index is 13.6. The van der Waals surface area contributed by atoms with Crippen molar-refractivity contribution in [2.45, 2.75) is 77.6 Å².